The molecule has 1 aromatic rings. The molecule has 1 heterocycles. The third kappa shape index (κ3) is 8.09. The number of hydrogen-bond donors (Lipinski definition) is 1. The number of hydrogen-bond acceptors (Lipinski definition) is 5. The minimum absolute atomic E-state index is 0.502. The van der Waals surface area contributed by atoms with E-state index in [-0.39, 0.29) is 0 Å². The maximum Gasteiger partial charge on any atom is 0.213 e. The van der Waals surface area contributed by atoms with Crippen LogP contribution in [0.5, 0.6) is 5.88 Å². The van der Waals surface area contributed by atoms with Crippen LogP contribution < -0.4 is 10.1 Å². The number of pyridine rings is 1. The third-order valence-corrected chi connectivity index (χ3v) is 2.59. The van der Waals surface area contributed by atoms with Crippen LogP contribution in [0.3, 0.4) is 0 Å². The van der Waals surface area contributed by atoms with Gasteiger partial charge in [-0.2, -0.15) is 0 Å². The fourth-order valence-corrected chi connectivity index (χ4v) is 1.56. The molecule has 0 amide bonds. The summed E-state index contributed by atoms with van der Waals surface area (Å²) in [4.78, 5) is 4.27. The van der Waals surface area contributed by atoms with Gasteiger partial charge in [0.05, 0.1) is 19.8 Å². The molecular formula is C15H26N2O3. The van der Waals surface area contributed by atoms with Crippen molar-refractivity contribution in [1.29, 1.82) is 0 Å². The molecule has 1 aromatic heterocycles. The van der Waals surface area contributed by atoms with Gasteiger partial charge in [0.25, 0.3) is 0 Å². The van der Waals surface area contributed by atoms with Crippen molar-refractivity contribution < 1.29 is 14.2 Å². The fourth-order valence-electron chi connectivity index (χ4n) is 1.56. The summed E-state index contributed by atoms with van der Waals surface area (Å²) < 4.78 is 15.7. The van der Waals surface area contributed by atoms with E-state index in [1.165, 1.54) is 0 Å². The average Bonchev–Trinajstić information content (AvgIpc) is 2.44. The van der Waals surface area contributed by atoms with Crippen molar-refractivity contribution in [3.8, 4) is 5.88 Å². The number of rotatable bonds is 11. The first-order chi connectivity index (χ1) is 9.72. The Morgan fingerprint density at radius 1 is 1.15 bits per heavy atom. The molecule has 0 atom stereocenters. The Balaban J connectivity index is 2.15. The number of methoxy groups -OCH3 is 1. The molecule has 0 aromatic carbocycles. The van der Waals surface area contributed by atoms with E-state index in [4.69, 9.17) is 14.2 Å². The molecule has 5 heteroatoms. The van der Waals surface area contributed by atoms with Crippen molar-refractivity contribution in [3.05, 3.63) is 23.9 Å². The van der Waals surface area contributed by atoms with Crippen LogP contribution in [0.2, 0.25) is 0 Å². The summed E-state index contributed by atoms with van der Waals surface area (Å²) in [6.45, 7) is 8.48. The first kappa shape index (κ1) is 16.9. The van der Waals surface area contributed by atoms with Crippen molar-refractivity contribution >= 4 is 0 Å². The highest BCUT2D eigenvalue weighted by molar-refractivity contribution is 5.17. The standard InChI is InChI=1S/C15H26N2O3/c1-13(2)10-16-11-14-4-5-15(17-12-14)20-9-8-19-7-6-18-3/h4-5,12-13,16H,6-11H2,1-3H3. The van der Waals surface area contributed by atoms with Crippen LogP contribution in [0.15, 0.2) is 18.3 Å². The Labute approximate surface area is 121 Å². The van der Waals surface area contributed by atoms with Gasteiger partial charge in [-0.3, -0.25) is 0 Å². The van der Waals surface area contributed by atoms with E-state index >= 15 is 0 Å². The van der Waals surface area contributed by atoms with E-state index < -0.39 is 0 Å². The van der Waals surface area contributed by atoms with Gasteiger partial charge in [0.15, 0.2) is 0 Å². The topological polar surface area (TPSA) is 52.6 Å². The average molecular weight is 282 g/mol. The van der Waals surface area contributed by atoms with Crippen molar-refractivity contribution in [2.45, 2.75) is 20.4 Å². The summed E-state index contributed by atoms with van der Waals surface area (Å²) in [5.41, 5.74) is 1.16. The van der Waals surface area contributed by atoms with Gasteiger partial charge in [-0.05, 0) is 18.0 Å². The summed E-state index contributed by atoms with van der Waals surface area (Å²) in [6.07, 6.45) is 1.84. The first-order valence-electron chi connectivity index (χ1n) is 7.07. The summed E-state index contributed by atoms with van der Waals surface area (Å²) in [5, 5.41) is 3.38. The molecule has 0 bridgehead atoms. The molecule has 0 fully saturated rings. The number of nitrogens with one attached hydrogen (secondary N) is 1. The van der Waals surface area contributed by atoms with E-state index in [9.17, 15) is 0 Å². The van der Waals surface area contributed by atoms with Crippen molar-refractivity contribution in [1.82, 2.24) is 10.3 Å². The minimum atomic E-state index is 0.502. The molecule has 114 valence electrons. The number of aromatic nitrogens is 1. The molecule has 20 heavy (non-hydrogen) atoms. The number of ether oxygens (including phenoxy) is 3. The maximum atomic E-state index is 5.49. The third-order valence-electron chi connectivity index (χ3n) is 2.59. The molecule has 0 unspecified atom stereocenters. The van der Waals surface area contributed by atoms with Crippen LogP contribution in [0, 0.1) is 5.92 Å². The summed E-state index contributed by atoms with van der Waals surface area (Å²) in [6, 6.07) is 3.92. The van der Waals surface area contributed by atoms with Crippen molar-refractivity contribution in [2.24, 2.45) is 5.92 Å². The molecule has 5 nitrogen and oxygen atoms in total. The van der Waals surface area contributed by atoms with Gasteiger partial charge in [0.1, 0.15) is 6.61 Å². The van der Waals surface area contributed by atoms with E-state index in [2.05, 4.69) is 24.1 Å². The monoisotopic (exact) mass is 282 g/mol. The van der Waals surface area contributed by atoms with Gasteiger partial charge in [0.2, 0.25) is 5.88 Å². The van der Waals surface area contributed by atoms with Crippen molar-refractivity contribution in [3.63, 3.8) is 0 Å². The summed E-state index contributed by atoms with van der Waals surface area (Å²) in [5.74, 6) is 1.29. The molecule has 0 saturated heterocycles. The highest BCUT2D eigenvalue weighted by Gasteiger charge is 1.98. The highest BCUT2D eigenvalue weighted by atomic mass is 16.5. The molecule has 0 aliphatic carbocycles. The van der Waals surface area contributed by atoms with Crippen LogP contribution in [0.4, 0.5) is 0 Å². The molecule has 0 spiro atoms. The van der Waals surface area contributed by atoms with Crippen LogP contribution in [-0.2, 0) is 16.0 Å². The molecule has 0 aliphatic heterocycles. The van der Waals surface area contributed by atoms with E-state index in [0.717, 1.165) is 18.7 Å². The molecule has 1 N–H and O–H groups in total. The molecule has 1 rings (SSSR count). The lowest BCUT2D eigenvalue weighted by Crippen LogP contribution is -2.19. The van der Waals surface area contributed by atoms with Gasteiger partial charge in [-0.15, -0.1) is 0 Å². The second-order valence-corrected chi connectivity index (χ2v) is 4.98. The molecule has 0 radical (unpaired) electrons. The lowest BCUT2D eigenvalue weighted by Gasteiger charge is -2.08. The summed E-state index contributed by atoms with van der Waals surface area (Å²) >= 11 is 0. The van der Waals surface area contributed by atoms with Crippen LogP contribution in [0.1, 0.15) is 19.4 Å². The van der Waals surface area contributed by atoms with Gasteiger partial charge < -0.3 is 19.5 Å². The predicted molar refractivity (Wildman–Crippen MR) is 79.0 cm³/mol. The Bertz CT molecular complexity index is 341. The predicted octanol–water partition coefficient (Wildman–Crippen LogP) is 1.87. The van der Waals surface area contributed by atoms with Gasteiger partial charge >= 0.3 is 0 Å². The smallest absolute Gasteiger partial charge is 0.213 e. The molecule has 0 saturated carbocycles. The highest BCUT2D eigenvalue weighted by Crippen LogP contribution is 2.07. The zero-order valence-electron chi connectivity index (χ0n) is 12.7. The Morgan fingerprint density at radius 2 is 1.95 bits per heavy atom. The van der Waals surface area contributed by atoms with Crippen LogP contribution in [-0.4, -0.2) is 45.1 Å². The van der Waals surface area contributed by atoms with Crippen LogP contribution >= 0.6 is 0 Å². The molecule has 0 aliphatic rings. The Hall–Kier alpha value is -1.17. The minimum Gasteiger partial charge on any atom is -0.475 e. The van der Waals surface area contributed by atoms with E-state index in [0.29, 0.717) is 38.2 Å². The quantitative estimate of drug-likeness (QED) is 0.628. The van der Waals surface area contributed by atoms with Crippen molar-refractivity contribution in [2.75, 3.05) is 40.1 Å². The fraction of sp³-hybridized carbons (Fsp3) is 0.667. The van der Waals surface area contributed by atoms with Gasteiger partial charge in [-0.25, -0.2) is 4.98 Å². The lowest BCUT2D eigenvalue weighted by atomic mass is 10.2. The maximum absolute atomic E-state index is 5.49. The first-order valence-corrected chi connectivity index (χ1v) is 7.07. The normalized spacial score (nSPS) is 11.0. The molecular weight excluding hydrogens is 256 g/mol. The Kier molecular flexibility index (Phi) is 8.95. The second-order valence-electron chi connectivity index (χ2n) is 4.98. The largest absolute Gasteiger partial charge is 0.475 e. The zero-order chi connectivity index (χ0) is 14.6. The van der Waals surface area contributed by atoms with E-state index in [1.807, 2.05) is 18.3 Å². The SMILES string of the molecule is COCCOCCOc1ccc(CNCC(C)C)cn1. The van der Waals surface area contributed by atoms with Crippen LogP contribution in [0.25, 0.3) is 0 Å². The summed E-state index contributed by atoms with van der Waals surface area (Å²) in [7, 11) is 1.65. The lowest BCUT2D eigenvalue weighted by molar-refractivity contribution is 0.0537. The Morgan fingerprint density at radius 3 is 2.60 bits per heavy atom. The van der Waals surface area contributed by atoms with Gasteiger partial charge in [-0.1, -0.05) is 19.9 Å². The zero-order valence-corrected chi connectivity index (χ0v) is 12.7. The van der Waals surface area contributed by atoms with E-state index in [1.54, 1.807) is 7.11 Å². The second kappa shape index (κ2) is 10.6. The number of nitrogens with zero attached hydrogens (tertiary/aromatic N) is 1. The van der Waals surface area contributed by atoms with Gasteiger partial charge in [0, 0.05) is 25.9 Å².